The minimum absolute atomic E-state index is 0.134. The molecule has 1 unspecified atom stereocenters. The molecule has 0 aliphatic rings. The first-order valence-corrected chi connectivity index (χ1v) is 6.23. The van der Waals surface area contributed by atoms with Gasteiger partial charge >= 0.3 is 11.9 Å². The van der Waals surface area contributed by atoms with Gasteiger partial charge < -0.3 is 21.3 Å². The van der Waals surface area contributed by atoms with Crippen LogP contribution < -0.4 is 11.1 Å². The summed E-state index contributed by atoms with van der Waals surface area (Å²) in [6.07, 6.45) is 0.109. The molecule has 0 aromatic rings. The van der Waals surface area contributed by atoms with Gasteiger partial charge in [0.05, 0.1) is 5.92 Å². The van der Waals surface area contributed by atoms with Crippen molar-refractivity contribution in [3.05, 3.63) is 0 Å². The van der Waals surface area contributed by atoms with Crippen LogP contribution in [-0.4, -0.2) is 40.6 Å². The van der Waals surface area contributed by atoms with Gasteiger partial charge in [0, 0.05) is 13.0 Å². The summed E-state index contributed by atoms with van der Waals surface area (Å²) in [6.45, 7) is 4.01. The first kappa shape index (κ1) is 17.4. The van der Waals surface area contributed by atoms with Crippen LogP contribution in [-0.2, 0) is 14.4 Å². The SMILES string of the molecule is CC(C)CC(CN)C(=O)N[C@@H](CCC(=O)O)C(=O)O. The lowest BCUT2D eigenvalue weighted by molar-refractivity contribution is -0.143. The van der Waals surface area contributed by atoms with Crippen LogP contribution >= 0.6 is 0 Å². The van der Waals surface area contributed by atoms with Crippen LogP contribution in [0, 0.1) is 11.8 Å². The number of aliphatic carboxylic acids is 2. The zero-order valence-corrected chi connectivity index (χ0v) is 11.3. The van der Waals surface area contributed by atoms with Crippen molar-refractivity contribution in [1.29, 1.82) is 0 Å². The maximum atomic E-state index is 11.9. The first-order valence-electron chi connectivity index (χ1n) is 6.23. The normalized spacial score (nSPS) is 13.9. The molecule has 19 heavy (non-hydrogen) atoms. The second-order valence-corrected chi connectivity index (χ2v) is 4.89. The summed E-state index contributed by atoms with van der Waals surface area (Å²) in [5, 5.41) is 19.8. The van der Waals surface area contributed by atoms with Crippen molar-refractivity contribution in [3.8, 4) is 0 Å². The smallest absolute Gasteiger partial charge is 0.326 e. The van der Waals surface area contributed by atoms with Crippen molar-refractivity contribution in [2.24, 2.45) is 17.6 Å². The summed E-state index contributed by atoms with van der Waals surface area (Å²) >= 11 is 0. The van der Waals surface area contributed by atoms with E-state index < -0.39 is 29.8 Å². The molecule has 0 aliphatic heterocycles. The van der Waals surface area contributed by atoms with Gasteiger partial charge in [-0.3, -0.25) is 9.59 Å². The fourth-order valence-corrected chi connectivity index (χ4v) is 1.69. The number of nitrogens with two attached hydrogens (primary N) is 1. The summed E-state index contributed by atoms with van der Waals surface area (Å²) in [4.78, 5) is 33.2. The van der Waals surface area contributed by atoms with Gasteiger partial charge in [-0.05, 0) is 18.8 Å². The number of carbonyl (C=O) groups excluding carboxylic acids is 1. The molecule has 0 spiro atoms. The number of amides is 1. The lowest BCUT2D eigenvalue weighted by atomic mass is 9.96. The molecule has 0 saturated carbocycles. The predicted molar refractivity (Wildman–Crippen MR) is 68.4 cm³/mol. The van der Waals surface area contributed by atoms with E-state index in [1.165, 1.54) is 0 Å². The van der Waals surface area contributed by atoms with Crippen LogP contribution in [0.3, 0.4) is 0 Å². The van der Waals surface area contributed by atoms with Crippen molar-refractivity contribution in [2.45, 2.75) is 39.2 Å². The van der Waals surface area contributed by atoms with E-state index >= 15 is 0 Å². The summed E-state index contributed by atoms with van der Waals surface area (Å²) in [6, 6.07) is -1.19. The third-order valence-corrected chi connectivity index (χ3v) is 2.67. The number of carboxylic acid groups (broad SMARTS) is 2. The van der Waals surface area contributed by atoms with Gasteiger partial charge in [0.25, 0.3) is 0 Å². The lowest BCUT2D eigenvalue weighted by Crippen LogP contribution is -2.45. The molecule has 1 amide bonds. The molecular formula is C12H22N2O5. The monoisotopic (exact) mass is 274 g/mol. The van der Waals surface area contributed by atoms with Gasteiger partial charge in [0.2, 0.25) is 5.91 Å². The van der Waals surface area contributed by atoms with Gasteiger partial charge in [-0.1, -0.05) is 13.8 Å². The highest BCUT2D eigenvalue weighted by Gasteiger charge is 2.25. The van der Waals surface area contributed by atoms with Crippen LogP contribution in [0.15, 0.2) is 0 Å². The van der Waals surface area contributed by atoms with Crippen LogP contribution in [0.2, 0.25) is 0 Å². The van der Waals surface area contributed by atoms with Gasteiger partial charge in [0.15, 0.2) is 0 Å². The first-order chi connectivity index (χ1) is 8.77. The highest BCUT2D eigenvalue weighted by molar-refractivity contribution is 5.85. The minimum Gasteiger partial charge on any atom is -0.481 e. The molecule has 0 saturated heterocycles. The van der Waals surface area contributed by atoms with Crippen molar-refractivity contribution in [3.63, 3.8) is 0 Å². The van der Waals surface area contributed by atoms with Crippen molar-refractivity contribution < 1.29 is 24.6 Å². The predicted octanol–water partition coefficient (Wildman–Crippen LogP) is 0.0416. The summed E-state index contributed by atoms with van der Waals surface area (Å²) in [5.41, 5.74) is 5.49. The van der Waals surface area contributed by atoms with E-state index in [2.05, 4.69) is 5.32 Å². The van der Waals surface area contributed by atoms with E-state index in [1.54, 1.807) is 0 Å². The standard InChI is InChI=1S/C12H22N2O5/c1-7(2)5-8(6-13)11(17)14-9(12(18)19)3-4-10(15)16/h7-9H,3-6,13H2,1-2H3,(H,14,17)(H,15,16)(H,18,19)/t8?,9-/m0/s1. The maximum absolute atomic E-state index is 11.9. The molecule has 5 N–H and O–H groups in total. The Kier molecular flexibility index (Phi) is 7.74. The number of carbonyl (C=O) groups is 3. The van der Waals surface area contributed by atoms with Crippen LogP contribution in [0.25, 0.3) is 0 Å². The molecule has 7 nitrogen and oxygen atoms in total. The Morgan fingerprint density at radius 1 is 1.21 bits per heavy atom. The molecule has 0 aliphatic carbocycles. The van der Waals surface area contributed by atoms with E-state index in [-0.39, 0.29) is 25.3 Å². The molecule has 0 heterocycles. The molecule has 0 bridgehead atoms. The number of rotatable bonds is 9. The topological polar surface area (TPSA) is 130 Å². The largest absolute Gasteiger partial charge is 0.481 e. The van der Waals surface area contributed by atoms with Crippen LogP contribution in [0.5, 0.6) is 0 Å². The van der Waals surface area contributed by atoms with E-state index in [9.17, 15) is 14.4 Å². The Bertz CT molecular complexity index is 330. The summed E-state index contributed by atoms with van der Waals surface area (Å²) < 4.78 is 0. The number of carboxylic acids is 2. The Labute approximate surface area is 112 Å². The lowest BCUT2D eigenvalue weighted by Gasteiger charge is -2.20. The van der Waals surface area contributed by atoms with Gasteiger partial charge in [-0.15, -0.1) is 0 Å². The van der Waals surface area contributed by atoms with Gasteiger partial charge in [0.1, 0.15) is 6.04 Å². The molecule has 110 valence electrons. The van der Waals surface area contributed by atoms with Crippen LogP contribution in [0.1, 0.15) is 33.1 Å². The van der Waals surface area contributed by atoms with Gasteiger partial charge in [-0.25, -0.2) is 4.79 Å². The average molecular weight is 274 g/mol. The summed E-state index contributed by atoms with van der Waals surface area (Å²) in [7, 11) is 0. The van der Waals surface area contributed by atoms with Crippen LogP contribution in [0.4, 0.5) is 0 Å². The fourth-order valence-electron chi connectivity index (χ4n) is 1.69. The minimum atomic E-state index is -1.24. The second kappa shape index (κ2) is 8.47. The Morgan fingerprint density at radius 2 is 1.79 bits per heavy atom. The maximum Gasteiger partial charge on any atom is 0.326 e. The Hall–Kier alpha value is -1.63. The van der Waals surface area contributed by atoms with Crippen molar-refractivity contribution in [1.82, 2.24) is 5.32 Å². The molecule has 0 radical (unpaired) electrons. The zero-order valence-electron chi connectivity index (χ0n) is 11.3. The number of hydrogen-bond donors (Lipinski definition) is 4. The number of nitrogens with one attached hydrogen (secondary N) is 1. The Balaban J connectivity index is 4.51. The Morgan fingerprint density at radius 3 is 2.16 bits per heavy atom. The van der Waals surface area contributed by atoms with E-state index in [0.29, 0.717) is 6.42 Å². The van der Waals surface area contributed by atoms with E-state index in [1.807, 2.05) is 13.8 Å². The third kappa shape index (κ3) is 7.40. The molecule has 7 heteroatoms. The average Bonchev–Trinajstić information content (AvgIpc) is 2.30. The summed E-state index contributed by atoms with van der Waals surface area (Å²) in [5.74, 6) is -2.96. The molecule has 0 aromatic heterocycles. The van der Waals surface area contributed by atoms with Crippen molar-refractivity contribution in [2.75, 3.05) is 6.54 Å². The highest BCUT2D eigenvalue weighted by Crippen LogP contribution is 2.11. The van der Waals surface area contributed by atoms with Crippen molar-refractivity contribution >= 4 is 17.8 Å². The second-order valence-electron chi connectivity index (χ2n) is 4.89. The molecule has 2 atom stereocenters. The highest BCUT2D eigenvalue weighted by atomic mass is 16.4. The quantitative estimate of drug-likeness (QED) is 0.469. The fraction of sp³-hybridized carbons (Fsp3) is 0.750. The van der Waals surface area contributed by atoms with Gasteiger partial charge in [-0.2, -0.15) is 0 Å². The van der Waals surface area contributed by atoms with E-state index in [0.717, 1.165) is 0 Å². The molecule has 0 aromatic carbocycles. The number of hydrogen-bond acceptors (Lipinski definition) is 4. The molecule has 0 fully saturated rings. The molecular weight excluding hydrogens is 252 g/mol. The van der Waals surface area contributed by atoms with E-state index in [4.69, 9.17) is 15.9 Å². The third-order valence-electron chi connectivity index (χ3n) is 2.67. The zero-order chi connectivity index (χ0) is 15.0. The molecule has 0 rings (SSSR count).